The summed E-state index contributed by atoms with van der Waals surface area (Å²) >= 11 is 0. The Morgan fingerprint density at radius 3 is 1.53 bits per heavy atom. The zero-order chi connectivity index (χ0) is 39.0. The minimum absolute atomic E-state index is 0.602. The van der Waals surface area contributed by atoms with Gasteiger partial charge in [0.2, 0.25) is 0 Å². The van der Waals surface area contributed by atoms with Crippen LogP contribution >= 0.6 is 0 Å². The Morgan fingerprint density at radius 1 is 0.293 bits per heavy atom. The summed E-state index contributed by atoms with van der Waals surface area (Å²) in [6.07, 6.45) is 3.61. The molecule has 58 heavy (non-hydrogen) atoms. The first-order chi connectivity index (χ1) is 28.8. The lowest BCUT2D eigenvalue weighted by Gasteiger charge is -2.18. The molecule has 0 fully saturated rings. The van der Waals surface area contributed by atoms with Gasteiger partial charge in [-0.1, -0.05) is 172 Å². The van der Waals surface area contributed by atoms with E-state index in [0.29, 0.717) is 23.3 Å². The third-order valence-corrected chi connectivity index (χ3v) is 10.8. The van der Waals surface area contributed by atoms with Crippen molar-refractivity contribution in [2.45, 2.75) is 13.8 Å². The zero-order valence-corrected chi connectivity index (χ0v) is 32.1. The van der Waals surface area contributed by atoms with Crippen LogP contribution < -0.4 is 0 Å². The number of rotatable bonds is 5. The summed E-state index contributed by atoms with van der Waals surface area (Å²) in [5.74, 6) is 2.50. The van der Waals surface area contributed by atoms with E-state index in [2.05, 4.69) is 146 Å². The molecule has 0 amide bonds. The summed E-state index contributed by atoms with van der Waals surface area (Å²) < 4.78 is 0. The monoisotopic (exact) mass is 743 g/mol. The Morgan fingerprint density at radius 2 is 0.810 bits per heavy atom. The second-order valence-electron chi connectivity index (χ2n) is 14.0. The summed E-state index contributed by atoms with van der Waals surface area (Å²) in [7, 11) is 0. The number of hydrogen-bond donors (Lipinski definition) is 0. The van der Waals surface area contributed by atoms with Crippen molar-refractivity contribution in [3.05, 3.63) is 188 Å². The Kier molecular flexibility index (Phi) is 8.88. The van der Waals surface area contributed by atoms with E-state index in [4.69, 9.17) is 24.9 Å². The maximum atomic E-state index is 5.47. The first-order valence-electron chi connectivity index (χ1n) is 19.8. The molecule has 0 atom stereocenters. The number of nitrogens with zero attached hydrogens (tertiary/aromatic N) is 5. The van der Waals surface area contributed by atoms with Crippen molar-refractivity contribution in [2.75, 3.05) is 0 Å². The average molecular weight is 744 g/mol. The minimum atomic E-state index is 0.602. The predicted molar refractivity (Wildman–Crippen MR) is 241 cm³/mol. The van der Waals surface area contributed by atoms with Gasteiger partial charge >= 0.3 is 0 Å². The van der Waals surface area contributed by atoms with Crippen LogP contribution in [0.3, 0.4) is 0 Å². The van der Waals surface area contributed by atoms with Gasteiger partial charge in [0, 0.05) is 34.6 Å². The second-order valence-corrected chi connectivity index (χ2v) is 14.0. The van der Waals surface area contributed by atoms with Gasteiger partial charge in [-0.25, -0.2) is 24.9 Å². The minimum Gasteiger partial charge on any atom is -0.237 e. The SMILES string of the molecule is CC.c1ccc(-c2ccc3c(-c4nc(-c5ccccc5)nc(-c5cc6c7ccccc7ccc6c6ccccc56)n4)c4ccccc4c(-c4ncccn4)c3c2)cc1. The smallest absolute Gasteiger partial charge is 0.165 e. The van der Waals surface area contributed by atoms with Crippen LogP contribution in [0.1, 0.15) is 13.8 Å². The lowest BCUT2D eigenvalue weighted by atomic mass is 9.89. The Bertz CT molecular complexity index is 3290. The van der Waals surface area contributed by atoms with Gasteiger partial charge < -0.3 is 0 Å². The molecule has 2 aromatic heterocycles. The highest BCUT2D eigenvalue weighted by Crippen LogP contribution is 2.44. The number of aromatic nitrogens is 5. The molecule has 0 aliphatic rings. The third kappa shape index (κ3) is 5.92. The fourth-order valence-corrected chi connectivity index (χ4v) is 8.27. The third-order valence-electron chi connectivity index (χ3n) is 10.8. The molecular weight excluding hydrogens is 707 g/mol. The normalized spacial score (nSPS) is 11.3. The summed E-state index contributed by atoms with van der Waals surface area (Å²) in [4.78, 5) is 25.6. The van der Waals surface area contributed by atoms with Crippen LogP contribution in [-0.4, -0.2) is 24.9 Å². The highest BCUT2D eigenvalue weighted by Gasteiger charge is 2.23. The molecule has 274 valence electrons. The number of fused-ring (bicyclic) bond motifs is 7. The Balaban J connectivity index is 0.00000201. The molecule has 2 heterocycles. The maximum absolute atomic E-state index is 5.47. The van der Waals surface area contributed by atoms with Gasteiger partial charge in [-0.05, 0) is 83.2 Å². The van der Waals surface area contributed by atoms with Gasteiger partial charge in [-0.15, -0.1) is 0 Å². The van der Waals surface area contributed by atoms with Crippen molar-refractivity contribution in [1.29, 1.82) is 0 Å². The van der Waals surface area contributed by atoms with Crippen LogP contribution in [0.5, 0.6) is 0 Å². The molecule has 11 aromatic rings. The molecular formula is C53H37N5. The van der Waals surface area contributed by atoms with E-state index in [1.165, 1.54) is 16.2 Å². The molecule has 0 bridgehead atoms. The lowest BCUT2D eigenvalue weighted by molar-refractivity contribution is 1.08. The highest BCUT2D eigenvalue weighted by molar-refractivity contribution is 6.22. The molecule has 0 saturated heterocycles. The standard InChI is InChI=1S/C51H31N5.C2H6/c1-3-14-32(15-4-1)35-25-27-42-44(30-35)47(50-52-28-13-29-53-50)41-23-12-11-22-40(41)46(42)51-55-48(34-17-5-2-6-18-34)54-49(56-51)45-31-43-36-19-8-7-16-33(36)24-26-39(43)37-20-9-10-21-38(37)45;1-2/h1-31H;1-2H3. The van der Waals surface area contributed by atoms with E-state index >= 15 is 0 Å². The number of benzene rings is 9. The molecule has 5 heteroatoms. The molecule has 0 unspecified atom stereocenters. The second kappa shape index (κ2) is 14.8. The molecule has 0 spiro atoms. The fourth-order valence-electron chi connectivity index (χ4n) is 8.27. The largest absolute Gasteiger partial charge is 0.237 e. The molecule has 0 aliphatic carbocycles. The summed E-state index contributed by atoms with van der Waals surface area (Å²) in [6, 6.07) is 61.5. The molecule has 5 nitrogen and oxygen atoms in total. The first-order valence-corrected chi connectivity index (χ1v) is 19.8. The quantitative estimate of drug-likeness (QED) is 0.130. The van der Waals surface area contributed by atoms with Gasteiger partial charge in [0.15, 0.2) is 23.3 Å². The molecule has 0 radical (unpaired) electrons. The average Bonchev–Trinajstić information content (AvgIpc) is 3.31. The van der Waals surface area contributed by atoms with Crippen molar-refractivity contribution in [2.24, 2.45) is 0 Å². The van der Waals surface area contributed by atoms with E-state index in [1.807, 2.05) is 44.2 Å². The van der Waals surface area contributed by atoms with Crippen LogP contribution in [0, 0.1) is 0 Å². The summed E-state index contributed by atoms with van der Waals surface area (Å²) in [5.41, 5.74) is 6.02. The molecule has 0 aliphatic heterocycles. The lowest BCUT2D eigenvalue weighted by Crippen LogP contribution is -2.02. The molecule has 9 aromatic carbocycles. The first kappa shape index (κ1) is 34.8. The fraction of sp³-hybridized carbons (Fsp3) is 0.0377. The van der Waals surface area contributed by atoms with E-state index in [0.717, 1.165) is 71.1 Å². The van der Waals surface area contributed by atoms with Crippen molar-refractivity contribution in [1.82, 2.24) is 24.9 Å². The van der Waals surface area contributed by atoms with Gasteiger partial charge in [0.05, 0.1) is 0 Å². The van der Waals surface area contributed by atoms with Crippen LogP contribution in [-0.2, 0) is 0 Å². The van der Waals surface area contributed by atoms with Gasteiger partial charge in [-0.3, -0.25) is 0 Å². The Hall–Kier alpha value is -7.63. The topological polar surface area (TPSA) is 64.5 Å². The predicted octanol–water partition coefficient (Wildman–Crippen LogP) is 13.8. The van der Waals surface area contributed by atoms with Crippen molar-refractivity contribution < 1.29 is 0 Å². The molecule has 11 rings (SSSR count). The molecule has 0 N–H and O–H groups in total. The van der Waals surface area contributed by atoms with Gasteiger partial charge in [0.25, 0.3) is 0 Å². The van der Waals surface area contributed by atoms with Crippen LogP contribution in [0.25, 0.3) is 111 Å². The summed E-state index contributed by atoms with van der Waals surface area (Å²) in [5, 5.41) is 11.1. The van der Waals surface area contributed by atoms with E-state index in [9.17, 15) is 0 Å². The van der Waals surface area contributed by atoms with Crippen LogP contribution in [0.15, 0.2) is 188 Å². The highest BCUT2D eigenvalue weighted by atomic mass is 15.0. The molecule has 0 saturated carbocycles. The maximum Gasteiger partial charge on any atom is 0.165 e. The van der Waals surface area contributed by atoms with Crippen LogP contribution in [0.4, 0.5) is 0 Å². The number of hydrogen-bond acceptors (Lipinski definition) is 5. The van der Waals surface area contributed by atoms with E-state index in [-0.39, 0.29) is 0 Å². The van der Waals surface area contributed by atoms with Gasteiger partial charge in [0.1, 0.15) is 0 Å². The Labute approximate surface area is 336 Å². The van der Waals surface area contributed by atoms with Gasteiger partial charge in [-0.2, -0.15) is 0 Å². The summed E-state index contributed by atoms with van der Waals surface area (Å²) in [6.45, 7) is 4.00. The van der Waals surface area contributed by atoms with E-state index in [1.54, 1.807) is 12.4 Å². The van der Waals surface area contributed by atoms with Crippen molar-refractivity contribution in [3.8, 4) is 56.7 Å². The zero-order valence-electron chi connectivity index (χ0n) is 32.1. The van der Waals surface area contributed by atoms with Crippen LogP contribution in [0.2, 0.25) is 0 Å². The van der Waals surface area contributed by atoms with Crippen molar-refractivity contribution >= 4 is 53.9 Å². The van der Waals surface area contributed by atoms with Crippen molar-refractivity contribution in [3.63, 3.8) is 0 Å². The van der Waals surface area contributed by atoms with E-state index < -0.39 is 0 Å².